The molecule has 0 bridgehead atoms. The van der Waals surface area contributed by atoms with Gasteiger partial charge >= 0.3 is 5.97 Å². The Morgan fingerprint density at radius 3 is 2.54 bits per heavy atom. The monoisotopic (exact) mass is 373 g/mol. The maximum atomic E-state index is 12.4. The average molecular weight is 373 g/mol. The summed E-state index contributed by atoms with van der Waals surface area (Å²) in [7, 11) is -1.29. The standard InChI is InChI=1S/C20H23NO4S/c1-5-26(24)18-9-7-6-8-16(18)20(23)25-15(4)19(22)21-17-12-13(2)10-11-14(17)3/h6-12,15H,5H2,1-4H3,(H,21,22)/t15-,26+/m0/s1. The van der Waals surface area contributed by atoms with Crippen LogP contribution in [0.5, 0.6) is 0 Å². The van der Waals surface area contributed by atoms with E-state index in [1.165, 1.54) is 6.92 Å². The molecule has 138 valence electrons. The van der Waals surface area contributed by atoms with Crippen LogP contribution in [0.3, 0.4) is 0 Å². The van der Waals surface area contributed by atoms with E-state index >= 15 is 0 Å². The molecule has 0 heterocycles. The molecule has 0 saturated carbocycles. The number of carbonyl (C=O) groups is 2. The van der Waals surface area contributed by atoms with E-state index in [2.05, 4.69) is 5.32 Å². The molecular weight excluding hydrogens is 350 g/mol. The van der Waals surface area contributed by atoms with Crippen LogP contribution < -0.4 is 5.32 Å². The maximum absolute atomic E-state index is 12.4. The third-order valence-electron chi connectivity index (χ3n) is 3.92. The highest BCUT2D eigenvalue weighted by Crippen LogP contribution is 2.18. The first-order chi connectivity index (χ1) is 12.3. The minimum absolute atomic E-state index is 0.221. The minimum atomic E-state index is -1.29. The summed E-state index contributed by atoms with van der Waals surface area (Å²) in [6, 6.07) is 12.3. The Balaban J connectivity index is 2.11. The molecule has 1 N–H and O–H groups in total. The van der Waals surface area contributed by atoms with Crippen LogP contribution in [0.4, 0.5) is 5.69 Å². The van der Waals surface area contributed by atoms with Crippen molar-refractivity contribution in [1.82, 2.24) is 0 Å². The number of anilines is 1. The number of aryl methyl sites for hydroxylation is 2. The number of hydrogen-bond donors (Lipinski definition) is 1. The van der Waals surface area contributed by atoms with Gasteiger partial charge in [-0.25, -0.2) is 4.79 Å². The molecule has 0 aliphatic heterocycles. The molecule has 0 fully saturated rings. The molecule has 0 saturated heterocycles. The van der Waals surface area contributed by atoms with Gasteiger partial charge in [-0.2, -0.15) is 0 Å². The predicted molar refractivity (Wildman–Crippen MR) is 103 cm³/mol. The van der Waals surface area contributed by atoms with Crippen molar-refractivity contribution in [3.05, 3.63) is 59.2 Å². The van der Waals surface area contributed by atoms with Gasteiger partial charge in [0.15, 0.2) is 6.10 Å². The van der Waals surface area contributed by atoms with Crippen molar-refractivity contribution >= 4 is 28.4 Å². The van der Waals surface area contributed by atoms with Gasteiger partial charge in [0.2, 0.25) is 0 Å². The van der Waals surface area contributed by atoms with Crippen molar-refractivity contribution < 1.29 is 18.5 Å². The first-order valence-corrected chi connectivity index (χ1v) is 9.71. The van der Waals surface area contributed by atoms with Crippen LogP contribution in [-0.2, 0) is 20.3 Å². The first kappa shape index (κ1) is 19.8. The summed E-state index contributed by atoms with van der Waals surface area (Å²) in [5, 5.41) is 2.78. The molecule has 0 spiro atoms. The number of esters is 1. The molecule has 0 unspecified atom stereocenters. The van der Waals surface area contributed by atoms with Gasteiger partial charge in [-0.1, -0.05) is 31.2 Å². The van der Waals surface area contributed by atoms with Gasteiger partial charge in [-0.05, 0) is 50.1 Å². The molecule has 1 amide bonds. The Morgan fingerprint density at radius 2 is 1.85 bits per heavy atom. The van der Waals surface area contributed by atoms with Gasteiger partial charge < -0.3 is 10.1 Å². The van der Waals surface area contributed by atoms with E-state index in [0.717, 1.165) is 11.1 Å². The number of nitrogens with one attached hydrogen (secondary N) is 1. The summed E-state index contributed by atoms with van der Waals surface area (Å²) in [6.07, 6.45) is -0.981. The van der Waals surface area contributed by atoms with E-state index in [0.29, 0.717) is 16.3 Å². The van der Waals surface area contributed by atoms with Crippen LogP contribution in [-0.4, -0.2) is 27.9 Å². The molecule has 2 aromatic carbocycles. The van der Waals surface area contributed by atoms with Crippen molar-refractivity contribution in [2.24, 2.45) is 0 Å². The van der Waals surface area contributed by atoms with Gasteiger partial charge in [0.1, 0.15) is 0 Å². The number of carbonyl (C=O) groups excluding carboxylic acids is 2. The number of amides is 1. The Labute approximate surface area is 156 Å². The summed E-state index contributed by atoms with van der Waals surface area (Å²) in [4.78, 5) is 25.2. The number of hydrogen-bond acceptors (Lipinski definition) is 4. The summed E-state index contributed by atoms with van der Waals surface area (Å²) in [5.74, 6) is -0.681. The molecule has 0 aliphatic carbocycles. The second-order valence-corrected chi connectivity index (χ2v) is 7.69. The minimum Gasteiger partial charge on any atom is -0.449 e. The Hall–Kier alpha value is -2.47. The maximum Gasteiger partial charge on any atom is 0.340 e. The van der Waals surface area contributed by atoms with Crippen LogP contribution in [0.1, 0.15) is 35.3 Å². The lowest BCUT2D eigenvalue weighted by Crippen LogP contribution is -2.30. The molecule has 2 aromatic rings. The highest BCUT2D eigenvalue weighted by Gasteiger charge is 2.22. The van der Waals surface area contributed by atoms with Crippen LogP contribution in [0, 0.1) is 13.8 Å². The summed E-state index contributed by atoms with van der Waals surface area (Å²) < 4.78 is 17.4. The quantitative estimate of drug-likeness (QED) is 0.785. The zero-order chi connectivity index (χ0) is 19.3. The van der Waals surface area contributed by atoms with E-state index in [-0.39, 0.29) is 5.56 Å². The molecule has 26 heavy (non-hydrogen) atoms. The predicted octanol–water partition coefficient (Wildman–Crippen LogP) is 3.61. The van der Waals surface area contributed by atoms with Gasteiger partial charge in [0.25, 0.3) is 5.91 Å². The summed E-state index contributed by atoms with van der Waals surface area (Å²) >= 11 is 0. The zero-order valence-electron chi connectivity index (χ0n) is 15.4. The van der Waals surface area contributed by atoms with Gasteiger partial charge in [-0.15, -0.1) is 0 Å². The smallest absolute Gasteiger partial charge is 0.340 e. The first-order valence-electron chi connectivity index (χ1n) is 8.40. The zero-order valence-corrected chi connectivity index (χ0v) is 16.2. The Morgan fingerprint density at radius 1 is 1.15 bits per heavy atom. The lowest BCUT2D eigenvalue weighted by Gasteiger charge is -2.16. The van der Waals surface area contributed by atoms with Crippen molar-refractivity contribution in [2.45, 2.75) is 38.7 Å². The lowest BCUT2D eigenvalue weighted by molar-refractivity contribution is -0.123. The van der Waals surface area contributed by atoms with Crippen molar-refractivity contribution in [2.75, 3.05) is 11.1 Å². The van der Waals surface area contributed by atoms with Crippen LogP contribution >= 0.6 is 0 Å². The summed E-state index contributed by atoms with van der Waals surface area (Å²) in [5.41, 5.74) is 2.85. The van der Waals surface area contributed by atoms with Gasteiger partial charge in [-0.3, -0.25) is 9.00 Å². The third-order valence-corrected chi connectivity index (χ3v) is 5.29. The molecule has 2 atom stereocenters. The van der Waals surface area contributed by atoms with E-state index in [4.69, 9.17) is 4.74 Å². The second-order valence-electron chi connectivity index (χ2n) is 5.99. The topological polar surface area (TPSA) is 72.5 Å². The highest BCUT2D eigenvalue weighted by molar-refractivity contribution is 7.85. The van der Waals surface area contributed by atoms with Crippen LogP contribution in [0.2, 0.25) is 0 Å². The molecule has 5 nitrogen and oxygen atoms in total. The number of benzene rings is 2. The fraction of sp³-hybridized carbons (Fsp3) is 0.300. The molecule has 0 aromatic heterocycles. The third kappa shape index (κ3) is 4.79. The number of rotatable bonds is 6. The van der Waals surface area contributed by atoms with Crippen molar-refractivity contribution in [1.29, 1.82) is 0 Å². The normalized spacial score (nSPS) is 12.9. The summed E-state index contributed by atoms with van der Waals surface area (Å²) in [6.45, 7) is 7.11. The van der Waals surface area contributed by atoms with E-state index in [9.17, 15) is 13.8 Å². The fourth-order valence-corrected chi connectivity index (χ4v) is 3.31. The van der Waals surface area contributed by atoms with Crippen LogP contribution in [0.15, 0.2) is 47.4 Å². The Kier molecular flexibility index (Phi) is 6.69. The molecular formula is C20H23NO4S. The highest BCUT2D eigenvalue weighted by atomic mass is 32.2. The van der Waals surface area contributed by atoms with Gasteiger partial charge in [0.05, 0.1) is 21.3 Å². The Bertz CT molecular complexity index is 847. The SMILES string of the molecule is CC[S@@](=O)c1ccccc1C(=O)O[C@@H](C)C(=O)Nc1cc(C)ccc1C. The average Bonchev–Trinajstić information content (AvgIpc) is 2.63. The second kappa shape index (κ2) is 8.76. The molecule has 2 rings (SSSR count). The molecule has 0 radical (unpaired) electrons. The van der Waals surface area contributed by atoms with Crippen LogP contribution in [0.25, 0.3) is 0 Å². The molecule has 6 heteroatoms. The number of ether oxygens (including phenoxy) is 1. The lowest BCUT2D eigenvalue weighted by atomic mass is 10.1. The van der Waals surface area contributed by atoms with Crippen molar-refractivity contribution in [3.8, 4) is 0 Å². The fourth-order valence-electron chi connectivity index (χ4n) is 2.37. The molecule has 0 aliphatic rings. The largest absolute Gasteiger partial charge is 0.449 e. The van der Waals surface area contributed by atoms with Crippen molar-refractivity contribution in [3.63, 3.8) is 0 Å². The van der Waals surface area contributed by atoms with E-state index < -0.39 is 28.8 Å². The van der Waals surface area contributed by atoms with Gasteiger partial charge in [0, 0.05) is 11.4 Å². The van der Waals surface area contributed by atoms with E-state index in [1.807, 2.05) is 32.0 Å². The van der Waals surface area contributed by atoms with E-state index in [1.54, 1.807) is 31.2 Å².